The lowest BCUT2D eigenvalue weighted by Gasteiger charge is -2.33. The third-order valence-corrected chi connectivity index (χ3v) is 4.73. The summed E-state index contributed by atoms with van der Waals surface area (Å²) >= 11 is 0. The second-order valence-electron chi connectivity index (χ2n) is 6.30. The number of nitrogens with zero attached hydrogens (tertiary/aromatic N) is 3. The van der Waals surface area contributed by atoms with Crippen LogP contribution in [-0.4, -0.2) is 40.1 Å². The Morgan fingerprint density at radius 2 is 2.26 bits per heavy atom. The summed E-state index contributed by atoms with van der Waals surface area (Å²) in [6, 6.07) is 1.81. The van der Waals surface area contributed by atoms with E-state index in [2.05, 4.69) is 10.1 Å². The standard InChI is InChI=1S/C16H19N3O4/c1-9-4-6-21-14(9)16(20)19-5-3-11-7-12(22-13(11)8-19)15-17-10(2)23-18-15/h4,6,11-13H,3,5,7-8H2,1-2H3/t11-,12+,13+/m1/s1. The molecule has 0 bridgehead atoms. The van der Waals surface area contributed by atoms with Gasteiger partial charge in [0.2, 0.25) is 11.7 Å². The highest BCUT2D eigenvalue weighted by Gasteiger charge is 2.42. The number of aromatic nitrogens is 2. The van der Waals surface area contributed by atoms with Crippen LogP contribution in [0.2, 0.25) is 0 Å². The van der Waals surface area contributed by atoms with Crippen LogP contribution in [0.3, 0.4) is 0 Å². The zero-order valence-electron chi connectivity index (χ0n) is 13.2. The average molecular weight is 317 g/mol. The highest BCUT2D eigenvalue weighted by molar-refractivity contribution is 5.92. The first-order chi connectivity index (χ1) is 11.1. The van der Waals surface area contributed by atoms with E-state index in [0.717, 1.165) is 24.9 Å². The lowest BCUT2D eigenvalue weighted by molar-refractivity contribution is -0.00826. The predicted octanol–water partition coefficient (Wildman–Crippen LogP) is 2.27. The van der Waals surface area contributed by atoms with Crippen molar-refractivity contribution in [2.75, 3.05) is 13.1 Å². The zero-order chi connectivity index (χ0) is 16.0. The van der Waals surface area contributed by atoms with Crippen molar-refractivity contribution in [3.8, 4) is 0 Å². The Kier molecular flexibility index (Phi) is 3.45. The molecule has 2 aromatic heterocycles. The second-order valence-corrected chi connectivity index (χ2v) is 6.30. The number of ether oxygens (including phenoxy) is 1. The molecule has 122 valence electrons. The topological polar surface area (TPSA) is 81.6 Å². The van der Waals surface area contributed by atoms with Crippen molar-refractivity contribution in [2.24, 2.45) is 5.92 Å². The fourth-order valence-corrected chi connectivity index (χ4v) is 3.46. The van der Waals surface area contributed by atoms with Gasteiger partial charge in [0, 0.05) is 25.6 Å². The first kappa shape index (κ1) is 14.4. The third-order valence-electron chi connectivity index (χ3n) is 4.73. The summed E-state index contributed by atoms with van der Waals surface area (Å²) in [5.74, 6) is 1.95. The van der Waals surface area contributed by atoms with Crippen LogP contribution in [-0.2, 0) is 4.74 Å². The molecule has 4 rings (SSSR count). The van der Waals surface area contributed by atoms with Gasteiger partial charge >= 0.3 is 0 Å². The van der Waals surface area contributed by atoms with Crippen LogP contribution in [0, 0.1) is 19.8 Å². The second kappa shape index (κ2) is 5.49. The maximum absolute atomic E-state index is 12.6. The molecular formula is C16H19N3O4. The van der Waals surface area contributed by atoms with E-state index < -0.39 is 0 Å². The summed E-state index contributed by atoms with van der Waals surface area (Å²) in [7, 11) is 0. The molecule has 2 aliphatic rings. The molecule has 7 heteroatoms. The summed E-state index contributed by atoms with van der Waals surface area (Å²) < 4.78 is 16.4. The van der Waals surface area contributed by atoms with Gasteiger partial charge in [-0.25, -0.2) is 0 Å². The SMILES string of the molecule is Cc1nc([C@@H]2C[C@H]3CCN(C(=O)c4occc4C)C[C@@H]3O2)no1. The lowest BCUT2D eigenvalue weighted by atomic mass is 9.91. The van der Waals surface area contributed by atoms with Crippen molar-refractivity contribution in [3.63, 3.8) is 0 Å². The molecule has 23 heavy (non-hydrogen) atoms. The quantitative estimate of drug-likeness (QED) is 0.845. The minimum atomic E-state index is -0.136. The number of hydrogen-bond acceptors (Lipinski definition) is 6. The van der Waals surface area contributed by atoms with Gasteiger partial charge in [-0.05, 0) is 31.7 Å². The number of likely N-dealkylation sites (tertiary alicyclic amines) is 1. The predicted molar refractivity (Wildman–Crippen MR) is 78.7 cm³/mol. The smallest absolute Gasteiger partial charge is 0.289 e. The van der Waals surface area contributed by atoms with E-state index in [-0.39, 0.29) is 18.1 Å². The van der Waals surface area contributed by atoms with Gasteiger partial charge in [0.25, 0.3) is 5.91 Å². The molecule has 0 N–H and O–H groups in total. The van der Waals surface area contributed by atoms with Gasteiger partial charge in [0.15, 0.2) is 5.76 Å². The Balaban J connectivity index is 1.45. The lowest BCUT2D eigenvalue weighted by Crippen LogP contribution is -2.45. The minimum Gasteiger partial charge on any atom is -0.459 e. The number of hydrogen-bond donors (Lipinski definition) is 0. The fraction of sp³-hybridized carbons (Fsp3) is 0.562. The van der Waals surface area contributed by atoms with Gasteiger partial charge in [-0.1, -0.05) is 5.16 Å². The summed E-state index contributed by atoms with van der Waals surface area (Å²) in [4.78, 5) is 18.6. The number of carbonyl (C=O) groups is 1. The fourth-order valence-electron chi connectivity index (χ4n) is 3.46. The van der Waals surface area contributed by atoms with E-state index in [0.29, 0.717) is 29.9 Å². The van der Waals surface area contributed by atoms with E-state index in [1.807, 2.05) is 11.8 Å². The summed E-state index contributed by atoms with van der Waals surface area (Å²) in [6.07, 6.45) is 3.24. The molecule has 0 spiro atoms. The average Bonchev–Trinajstić information content (AvgIpc) is 3.24. The van der Waals surface area contributed by atoms with Gasteiger partial charge < -0.3 is 18.6 Å². The number of rotatable bonds is 2. The van der Waals surface area contributed by atoms with Crippen LogP contribution in [0.1, 0.15) is 46.8 Å². The molecule has 2 saturated heterocycles. The van der Waals surface area contributed by atoms with Crippen molar-refractivity contribution in [3.05, 3.63) is 35.4 Å². The van der Waals surface area contributed by atoms with Gasteiger partial charge in [-0.3, -0.25) is 4.79 Å². The molecule has 2 aliphatic heterocycles. The van der Waals surface area contributed by atoms with Crippen LogP contribution < -0.4 is 0 Å². The maximum Gasteiger partial charge on any atom is 0.289 e. The molecular weight excluding hydrogens is 298 g/mol. The molecule has 2 fully saturated rings. The largest absolute Gasteiger partial charge is 0.459 e. The summed E-state index contributed by atoms with van der Waals surface area (Å²) in [5, 5.41) is 3.96. The van der Waals surface area contributed by atoms with Crippen molar-refractivity contribution in [1.82, 2.24) is 15.0 Å². The maximum atomic E-state index is 12.6. The first-order valence-electron chi connectivity index (χ1n) is 7.91. The molecule has 3 atom stereocenters. The normalized spacial score (nSPS) is 27.2. The zero-order valence-corrected chi connectivity index (χ0v) is 13.2. The first-order valence-corrected chi connectivity index (χ1v) is 7.91. The molecule has 4 heterocycles. The summed E-state index contributed by atoms with van der Waals surface area (Å²) in [6.45, 7) is 4.95. The van der Waals surface area contributed by atoms with Crippen LogP contribution >= 0.6 is 0 Å². The molecule has 2 aromatic rings. The van der Waals surface area contributed by atoms with E-state index in [1.165, 1.54) is 0 Å². The van der Waals surface area contributed by atoms with E-state index in [9.17, 15) is 4.79 Å². The third kappa shape index (κ3) is 2.55. The Bertz CT molecular complexity index is 722. The van der Waals surface area contributed by atoms with Crippen molar-refractivity contribution >= 4 is 5.91 Å². The van der Waals surface area contributed by atoms with Gasteiger partial charge in [-0.15, -0.1) is 0 Å². The number of fused-ring (bicyclic) bond motifs is 1. The van der Waals surface area contributed by atoms with Crippen molar-refractivity contribution < 1.29 is 18.5 Å². The van der Waals surface area contributed by atoms with Crippen LogP contribution in [0.4, 0.5) is 0 Å². The monoisotopic (exact) mass is 317 g/mol. The molecule has 0 radical (unpaired) electrons. The van der Waals surface area contributed by atoms with Gasteiger partial charge in [-0.2, -0.15) is 4.98 Å². The molecule has 0 unspecified atom stereocenters. The molecule has 0 aromatic carbocycles. The van der Waals surface area contributed by atoms with E-state index >= 15 is 0 Å². The van der Waals surface area contributed by atoms with Crippen molar-refractivity contribution in [2.45, 2.75) is 38.9 Å². The highest BCUT2D eigenvalue weighted by atomic mass is 16.5. The molecule has 1 amide bonds. The number of piperidine rings is 1. The molecule has 0 saturated carbocycles. The Morgan fingerprint density at radius 3 is 2.96 bits per heavy atom. The van der Waals surface area contributed by atoms with E-state index in [4.69, 9.17) is 13.7 Å². The molecule has 0 aliphatic carbocycles. The Hall–Kier alpha value is -2.15. The number of amides is 1. The Labute approximate surface area is 133 Å². The van der Waals surface area contributed by atoms with Crippen LogP contribution in [0.5, 0.6) is 0 Å². The summed E-state index contributed by atoms with van der Waals surface area (Å²) in [5.41, 5.74) is 0.865. The van der Waals surface area contributed by atoms with Gasteiger partial charge in [0.05, 0.1) is 12.4 Å². The number of carbonyl (C=O) groups excluding carboxylic acids is 1. The number of furan rings is 1. The Morgan fingerprint density at radius 1 is 1.39 bits per heavy atom. The minimum absolute atomic E-state index is 0.0202. The van der Waals surface area contributed by atoms with E-state index in [1.54, 1.807) is 19.3 Å². The number of aryl methyl sites for hydroxylation is 2. The highest BCUT2D eigenvalue weighted by Crippen LogP contribution is 2.40. The molecule has 7 nitrogen and oxygen atoms in total. The van der Waals surface area contributed by atoms with Crippen LogP contribution in [0.15, 0.2) is 21.3 Å². The van der Waals surface area contributed by atoms with Crippen molar-refractivity contribution in [1.29, 1.82) is 0 Å². The van der Waals surface area contributed by atoms with Gasteiger partial charge in [0.1, 0.15) is 6.10 Å². The van der Waals surface area contributed by atoms with Crippen LogP contribution in [0.25, 0.3) is 0 Å².